The molecule has 0 spiro atoms. The molecular weight excluding hydrogens is 402 g/mol. The molecule has 1 aliphatic heterocycles. The van der Waals surface area contributed by atoms with E-state index in [0.29, 0.717) is 42.5 Å². The van der Waals surface area contributed by atoms with Gasteiger partial charge in [-0.2, -0.15) is 0 Å². The Labute approximate surface area is 182 Å². The molecule has 1 atom stereocenters. The Morgan fingerprint density at radius 1 is 1.30 bits per heavy atom. The van der Waals surface area contributed by atoms with E-state index in [2.05, 4.69) is 20.9 Å². The highest BCUT2D eigenvalue weighted by Gasteiger charge is 2.40. The summed E-state index contributed by atoms with van der Waals surface area (Å²) in [6.45, 7) is 5.02. The molecule has 8 nitrogen and oxygen atoms in total. The molecule has 1 amide bonds. The second kappa shape index (κ2) is 9.80. The molecule has 1 fully saturated rings. The molecule has 1 saturated heterocycles. The van der Waals surface area contributed by atoms with E-state index in [1.165, 1.54) is 4.90 Å². The van der Waals surface area contributed by atoms with Gasteiger partial charge in [0.1, 0.15) is 23.0 Å². The minimum atomic E-state index is -0.930. The fraction of sp³-hybridized carbons (Fsp3) is 0.476. The van der Waals surface area contributed by atoms with Crippen molar-refractivity contribution in [1.82, 2.24) is 15.2 Å². The molecule has 2 aromatic heterocycles. The Bertz CT molecular complexity index is 887. The molecular formula is C21H29N5O3S. The first-order chi connectivity index (χ1) is 14.5. The molecule has 1 unspecified atom stereocenters. The predicted octanol–water partition coefficient (Wildman–Crippen LogP) is 4.41. The second-order valence-electron chi connectivity index (χ2n) is 7.33. The quantitative estimate of drug-likeness (QED) is 0.478. The summed E-state index contributed by atoms with van der Waals surface area (Å²) in [5.41, 5.74) is 0.00974. The predicted molar refractivity (Wildman–Crippen MR) is 121 cm³/mol. The number of amides is 1. The summed E-state index contributed by atoms with van der Waals surface area (Å²) >= 11 is 5.53. The van der Waals surface area contributed by atoms with Gasteiger partial charge in [0.25, 0.3) is 0 Å². The number of rotatable bonds is 7. The summed E-state index contributed by atoms with van der Waals surface area (Å²) in [6, 6.07) is 7.61. The van der Waals surface area contributed by atoms with Crippen LogP contribution in [-0.4, -0.2) is 38.4 Å². The number of aromatic nitrogens is 1. The lowest BCUT2D eigenvalue weighted by molar-refractivity contribution is 0.0348. The number of thiocarbonyl (C=S) groups is 1. The molecule has 9 heteroatoms. The fourth-order valence-corrected chi connectivity index (χ4v) is 4.09. The average Bonchev–Trinajstić information content (AvgIpc) is 3.21. The number of furan rings is 1. The zero-order valence-corrected chi connectivity index (χ0v) is 18.2. The minimum absolute atomic E-state index is 0.368. The third-order valence-electron chi connectivity index (χ3n) is 5.45. The number of anilines is 2. The molecule has 3 rings (SSSR count). The van der Waals surface area contributed by atoms with Crippen LogP contribution in [0.5, 0.6) is 0 Å². The van der Waals surface area contributed by atoms with Crippen molar-refractivity contribution in [2.75, 3.05) is 17.2 Å². The van der Waals surface area contributed by atoms with E-state index in [9.17, 15) is 9.90 Å². The molecule has 0 bridgehead atoms. The largest absolute Gasteiger partial charge is 0.465 e. The maximum absolute atomic E-state index is 11.8. The Hall–Kier alpha value is -2.81. The summed E-state index contributed by atoms with van der Waals surface area (Å²) in [7, 11) is 0. The molecule has 30 heavy (non-hydrogen) atoms. The summed E-state index contributed by atoms with van der Waals surface area (Å²) < 4.78 is 5.73. The number of nitrogens with one attached hydrogen (secondary N) is 3. The number of hydrogen-bond acceptors (Lipinski definition) is 5. The van der Waals surface area contributed by atoms with Gasteiger partial charge in [-0.15, -0.1) is 0 Å². The molecule has 0 aromatic carbocycles. The highest BCUT2D eigenvalue weighted by atomic mass is 32.1. The standard InChI is InChI=1S/C21H29N5O3S/c1-3-15-9-10-16(29-15)14-23-18-17(8-7-12-22-18)24-19(30)25-21(4-2)11-5-6-13-26(21)20(27)28/h7-10,12H,3-6,11,13-14H2,1-2H3,(H,22,23)(H,27,28)(H2,24,25,30). The molecule has 3 heterocycles. The molecule has 0 aliphatic carbocycles. The van der Waals surface area contributed by atoms with Crippen LogP contribution in [0.25, 0.3) is 0 Å². The van der Waals surface area contributed by atoms with Gasteiger partial charge in [0, 0.05) is 19.2 Å². The lowest BCUT2D eigenvalue weighted by Gasteiger charge is -2.46. The van der Waals surface area contributed by atoms with E-state index in [0.717, 1.165) is 30.8 Å². The first-order valence-electron chi connectivity index (χ1n) is 10.3. The fourth-order valence-electron chi connectivity index (χ4n) is 3.79. The summed E-state index contributed by atoms with van der Waals surface area (Å²) in [5, 5.41) is 19.7. The van der Waals surface area contributed by atoms with Gasteiger partial charge in [0.15, 0.2) is 5.11 Å². The van der Waals surface area contributed by atoms with Gasteiger partial charge in [-0.1, -0.05) is 13.8 Å². The number of carbonyl (C=O) groups is 1. The van der Waals surface area contributed by atoms with Gasteiger partial charge >= 0.3 is 6.09 Å². The van der Waals surface area contributed by atoms with E-state index in [1.807, 2.05) is 38.1 Å². The summed E-state index contributed by atoms with van der Waals surface area (Å²) in [4.78, 5) is 17.6. The van der Waals surface area contributed by atoms with Gasteiger partial charge < -0.3 is 25.5 Å². The van der Waals surface area contributed by atoms with Crippen molar-refractivity contribution in [3.63, 3.8) is 0 Å². The molecule has 0 radical (unpaired) electrons. The average molecular weight is 432 g/mol. The summed E-state index contributed by atoms with van der Waals surface area (Å²) in [6.07, 6.45) is 4.77. The number of carboxylic acid groups (broad SMARTS) is 1. The Morgan fingerprint density at radius 2 is 2.10 bits per heavy atom. The number of aryl methyl sites for hydroxylation is 1. The third kappa shape index (κ3) is 5.02. The van der Waals surface area contributed by atoms with Crippen molar-refractivity contribution in [3.8, 4) is 0 Å². The van der Waals surface area contributed by atoms with Crippen molar-refractivity contribution >= 4 is 34.9 Å². The van der Waals surface area contributed by atoms with Crippen LogP contribution in [0, 0.1) is 0 Å². The topological polar surface area (TPSA) is 103 Å². The first kappa shape index (κ1) is 21.9. The molecule has 4 N–H and O–H groups in total. The third-order valence-corrected chi connectivity index (χ3v) is 5.66. The highest BCUT2D eigenvalue weighted by Crippen LogP contribution is 2.29. The maximum Gasteiger partial charge on any atom is 0.409 e. The molecule has 1 aliphatic rings. The number of nitrogens with zero attached hydrogens (tertiary/aromatic N) is 2. The van der Waals surface area contributed by atoms with Crippen molar-refractivity contribution in [1.29, 1.82) is 0 Å². The molecule has 2 aromatic rings. The smallest absolute Gasteiger partial charge is 0.409 e. The van der Waals surface area contributed by atoms with Crippen LogP contribution in [0.3, 0.4) is 0 Å². The van der Waals surface area contributed by atoms with Crippen LogP contribution in [-0.2, 0) is 13.0 Å². The zero-order valence-electron chi connectivity index (χ0n) is 17.4. The maximum atomic E-state index is 11.8. The van der Waals surface area contributed by atoms with Crippen molar-refractivity contribution in [2.45, 2.75) is 58.2 Å². The first-order valence-corrected chi connectivity index (χ1v) is 10.7. The normalized spacial score (nSPS) is 18.7. The second-order valence-corrected chi connectivity index (χ2v) is 7.74. The van der Waals surface area contributed by atoms with Crippen molar-refractivity contribution < 1.29 is 14.3 Å². The lowest BCUT2D eigenvalue weighted by Crippen LogP contribution is -2.64. The number of piperidine rings is 1. The molecule has 0 saturated carbocycles. The Kier molecular flexibility index (Phi) is 7.15. The van der Waals surface area contributed by atoms with Gasteiger partial charge in [0.05, 0.1) is 12.2 Å². The Balaban J connectivity index is 1.68. The van der Waals surface area contributed by atoms with Crippen molar-refractivity contribution in [2.24, 2.45) is 0 Å². The van der Waals surface area contributed by atoms with Gasteiger partial charge in [0.2, 0.25) is 0 Å². The van der Waals surface area contributed by atoms with Crippen LogP contribution in [0.4, 0.5) is 16.3 Å². The highest BCUT2D eigenvalue weighted by molar-refractivity contribution is 7.80. The van der Waals surface area contributed by atoms with Crippen LogP contribution in [0.1, 0.15) is 51.1 Å². The van der Waals surface area contributed by atoms with Crippen LogP contribution in [0.15, 0.2) is 34.9 Å². The van der Waals surface area contributed by atoms with E-state index in [-0.39, 0.29) is 0 Å². The number of hydrogen-bond donors (Lipinski definition) is 4. The van der Waals surface area contributed by atoms with Crippen LogP contribution in [0.2, 0.25) is 0 Å². The van der Waals surface area contributed by atoms with Gasteiger partial charge in [-0.05, 0) is 62.2 Å². The number of pyridine rings is 1. The van der Waals surface area contributed by atoms with E-state index < -0.39 is 11.8 Å². The monoisotopic (exact) mass is 431 g/mol. The van der Waals surface area contributed by atoms with Gasteiger partial charge in [-0.3, -0.25) is 4.90 Å². The molecule has 162 valence electrons. The zero-order chi connectivity index (χ0) is 21.6. The summed E-state index contributed by atoms with van der Waals surface area (Å²) in [5.74, 6) is 2.41. The number of likely N-dealkylation sites (tertiary alicyclic amines) is 1. The van der Waals surface area contributed by atoms with Gasteiger partial charge in [-0.25, -0.2) is 9.78 Å². The van der Waals surface area contributed by atoms with Crippen LogP contribution < -0.4 is 16.0 Å². The van der Waals surface area contributed by atoms with Crippen LogP contribution >= 0.6 is 12.2 Å². The minimum Gasteiger partial charge on any atom is -0.465 e. The van der Waals surface area contributed by atoms with Crippen molar-refractivity contribution in [3.05, 3.63) is 42.0 Å². The van der Waals surface area contributed by atoms with E-state index >= 15 is 0 Å². The van der Waals surface area contributed by atoms with E-state index in [4.69, 9.17) is 16.6 Å². The Morgan fingerprint density at radius 3 is 2.80 bits per heavy atom. The lowest BCUT2D eigenvalue weighted by atomic mass is 9.93. The SMILES string of the molecule is CCc1ccc(CNc2ncccc2NC(=S)NC2(CC)CCCCN2C(=O)O)o1. The van der Waals surface area contributed by atoms with E-state index in [1.54, 1.807) is 6.20 Å².